The number of hydrogen-bond acceptors (Lipinski definition) is 3. The van der Waals surface area contributed by atoms with Gasteiger partial charge in [-0.2, -0.15) is 0 Å². The first-order valence-corrected chi connectivity index (χ1v) is 10.5. The third-order valence-electron chi connectivity index (χ3n) is 5.42. The Bertz CT molecular complexity index is 738. The quantitative estimate of drug-likeness (QED) is 0.151. The summed E-state index contributed by atoms with van der Waals surface area (Å²) in [5, 5.41) is 9.32. The molecule has 1 aromatic rings. The smallest absolute Gasteiger partial charge is 0.325 e. The zero-order valence-electron chi connectivity index (χ0n) is 18.7. The minimum absolute atomic E-state index is 0. The lowest BCUT2D eigenvalue weighted by Gasteiger charge is -2.19. The fourth-order valence-corrected chi connectivity index (χ4v) is 3.20. The summed E-state index contributed by atoms with van der Waals surface area (Å²) in [6.07, 6.45) is 1.25. The summed E-state index contributed by atoms with van der Waals surface area (Å²) in [6.45, 7) is 12.4. The van der Waals surface area contributed by atoms with Crippen LogP contribution in [0.25, 0.3) is 0 Å². The molecule has 3 amide bonds. The lowest BCUT2D eigenvalue weighted by atomic mass is 9.99. The average Bonchev–Trinajstić information content (AvgIpc) is 2.92. The Morgan fingerprint density at radius 3 is 2.43 bits per heavy atom. The molecule has 0 aromatic heterocycles. The van der Waals surface area contributed by atoms with Gasteiger partial charge < -0.3 is 16.0 Å². The van der Waals surface area contributed by atoms with Crippen molar-refractivity contribution >= 4 is 41.9 Å². The van der Waals surface area contributed by atoms with E-state index in [1.165, 1.54) is 16.0 Å². The van der Waals surface area contributed by atoms with Gasteiger partial charge in [0.25, 0.3) is 5.91 Å². The molecule has 8 heteroatoms. The molecular weight excluding hydrogens is 493 g/mol. The Morgan fingerprint density at radius 1 is 1.20 bits per heavy atom. The first kappa shape index (κ1) is 26.2. The molecule has 0 aliphatic carbocycles. The van der Waals surface area contributed by atoms with Crippen LogP contribution in [-0.2, 0) is 4.79 Å². The second-order valence-corrected chi connectivity index (χ2v) is 7.88. The third kappa shape index (κ3) is 6.85. The molecule has 2 unspecified atom stereocenters. The van der Waals surface area contributed by atoms with Crippen LogP contribution in [0.1, 0.15) is 57.6 Å². The fourth-order valence-electron chi connectivity index (χ4n) is 3.20. The number of carbonyl (C=O) groups excluding carboxylic acids is 2. The number of imide groups is 1. The van der Waals surface area contributed by atoms with Gasteiger partial charge in [0.15, 0.2) is 5.96 Å². The summed E-state index contributed by atoms with van der Waals surface area (Å²) in [4.78, 5) is 30.5. The number of nitrogens with zero attached hydrogens (tertiary/aromatic N) is 2. The molecular formula is C22H36IN5O2. The molecule has 1 aliphatic rings. The Balaban J connectivity index is 0.00000450. The molecule has 168 valence electrons. The molecule has 2 atom stereocenters. The highest BCUT2D eigenvalue weighted by molar-refractivity contribution is 14.0. The summed E-state index contributed by atoms with van der Waals surface area (Å²) in [7, 11) is 0. The van der Waals surface area contributed by atoms with E-state index in [9.17, 15) is 9.59 Å². The second kappa shape index (κ2) is 12.1. The largest absolute Gasteiger partial charge is 0.357 e. The number of aryl methyl sites for hydroxylation is 1. The average molecular weight is 529 g/mol. The molecule has 1 heterocycles. The standard InChI is InChI=1S/C22H35N5O2.HI/c1-6-22(5)19(28)27(21(29)26-22)14-8-13-24-20(23-7-2)25-15-17(4)18-11-9-16(3)10-12-18;/h9-12,17H,6-8,13-15H2,1-5H3,(H,26,29)(H2,23,24,25);1H. The minimum atomic E-state index is -0.771. The summed E-state index contributed by atoms with van der Waals surface area (Å²) in [5.41, 5.74) is 1.75. The normalized spacial score (nSPS) is 19.9. The maximum atomic E-state index is 12.4. The fraction of sp³-hybridized carbons (Fsp3) is 0.591. The number of benzene rings is 1. The number of halogens is 1. The van der Waals surface area contributed by atoms with Crippen LogP contribution in [0.4, 0.5) is 4.79 Å². The van der Waals surface area contributed by atoms with Crippen LogP contribution in [0, 0.1) is 6.92 Å². The predicted octanol–water partition coefficient (Wildman–Crippen LogP) is 3.38. The second-order valence-electron chi connectivity index (χ2n) is 7.88. The van der Waals surface area contributed by atoms with E-state index < -0.39 is 5.54 Å². The molecule has 0 saturated carbocycles. The predicted molar refractivity (Wildman–Crippen MR) is 133 cm³/mol. The third-order valence-corrected chi connectivity index (χ3v) is 5.42. The molecule has 0 spiro atoms. The first-order chi connectivity index (χ1) is 13.8. The topological polar surface area (TPSA) is 85.8 Å². The van der Waals surface area contributed by atoms with Crippen LogP contribution >= 0.6 is 24.0 Å². The number of carbonyl (C=O) groups is 2. The molecule has 7 nitrogen and oxygen atoms in total. The van der Waals surface area contributed by atoms with Crippen molar-refractivity contribution in [1.82, 2.24) is 20.9 Å². The van der Waals surface area contributed by atoms with Gasteiger partial charge in [-0.3, -0.25) is 14.7 Å². The van der Waals surface area contributed by atoms with Crippen molar-refractivity contribution in [3.8, 4) is 0 Å². The summed E-state index contributed by atoms with van der Waals surface area (Å²) in [6, 6.07) is 8.25. The molecule has 0 radical (unpaired) electrons. The SMILES string of the molecule is CCNC(=NCC(C)c1ccc(C)cc1)NCCCN1C(=O)NC(C)(CC)C1=O.I. The van der Waals surface area contributed by atoms with Gasteiger partial charge in [0.05, 0.1) is 0 Å². The number of urea groups is 1. The number of guanidine groups is 1. The van der Waals surface area contributed by atoms with Crippen molar-refractivity contribution in [1.29, 1.82) is 0 Å². The molecule has 1 aliphatic heterocycles. The van der Waals surface area contributed by atoms with E-state index >= 15 is 0 Å². The van der Waals surface area contributed by atoms with E-state index in [0.29, 0.717) is 38.4 Å². The zero-order chi connectivity index (χ0) is 21.4. The monoisotopic (exact) mass is 529 g/mol. The molecule has 30 heavy (non-hydrogen) atoms. The minimum Gasteiger partial charge on any atom is -0.357 e. The van der Waals surface area contributed by atoms with Crippen molar-refractivity contribution in [2.45, 2.75) is 58.9 Å². The highest BCUT2D eigenvalue weighted by Gasteiger charge is 2.45. The van der Waals surface area contributed by atoms with E-state index in [1.54, 1.807) is 6.92 Å². The maximum absolute atomic E-state index is 12.4. The van der Waals surface area contributed by atoms with Gasteiger partial charge in [-0.05, 0) is 39.2 Å². The lowest BCUT2D eigenvalue weighted by Crippen LogP contribution is -2.43. The van der Waals surface area contributed by atoms with Gasteiger partial charge in [0.1, 0.15) is 5.54 Å². The van der Waals surface area contributed by atoms with Crippen LogP contribution in [-0.4, -0.2) is 54.5 Å². The van der Waals surface area contributed by atoms with Gasteiger partial charge in [-0.25, -0.2) is 4.79 Å². The van der Waals surface area contributed by atoms with Gasteiger partial charge in [-0.15, -0.1) is 24.0 Å². The summed E-state index contributed by atoms with van der Waals surface area (Å²) >= 11 is 0. The van der Waals surface area contributed by atoms with Crippen LogP contribution in [0.3, 0.4) is 0 Å². The van der Waals surface area contributed by atoms with Crippen LogP contribution in [0.5, 0.6) is 0 Å². The van der Waals surface area contributed by atoms with Gasteiger partial charge in [-0.1, -0.05) is 43.7 Å². The van der Waals surface area contributed by atoms with Crippen molar-refractivity contribution in [2.75, 3.05) is 26.2 Å². The van der Waals surface area contributed by atoms with Crippen molar-refractivity contribution in [3.05, 3.63) is 35.4 Å². The maximum Gasteiger partial charge on any atom is 0.325 e. The van der Waals surface area contributed by atoms with Crippen LogP contribution < -0.4 is 16.0 Å². The Labute approximate surface area is 197 Å². The van der Waals surface area contributed by atoms with Crippen molar-refractivity contribution in [2.24, 2.45) is 4.99 Å². The lowest BCUT2D eigenvalue weighted by molar-refractivity contribution is -0.130. The highest BCUT2D eigenvalue weighted by atomic mass is 127. The Kier molecular flexibility index (Phi) is 10.6. The summed E-state index contributed by atoms with van der Waals surface area (Å²) < 4.78 is 0. The highest BCUT2D eigenvalue weighted by Crippen LogP contribution is 2.20. The van der Waals surface area contributed by atoms with E-state index in [0.717, 1.165) is 12.5 Å². The van der Waals surface area contributed by atoms with Gasteiger partial charge in [0, 0.05) is 32.1 Å². The summed E-state index contributed by atoms with van der Waals surface area (Å²) in [5.74, 6) is 0.934. The number of amides is 3. The Hall–Kier alpha value is -1.84. The number of nitrogens with one attached hydrogen (secondary N) is 3. The van der Waals surface area contributed by atoms with E-state index in [4.69, 9.17) is 0 Å². The first-order valence-electron chi connectivity index (χ1n) is 10.5. The Morgan fingerprint density at radius 2 is 1.87 bits per heavy atom. The molecule has 1 aromatic carbocycles. The van der Waals surface area contributed by atoms with Crippen LogP contribution in [0.2, 0.25) is 0 Å². The van der Waals surface area contributed by atoms with E-state index in [1.807, 2.05) is 13.8 Å². The zero-order valence-corrected chi connectivity index (χ0v) is 21.1. The van der Waals surface area contributed by atoms with E-state index in [-0.39, 0.29) is 35.9 Å². The van der Waals surface area contributed by atoms with Crippen molar-refractivity contribution < 1.29 is 9.59 Å². The van der Waals surface area contributed by atoms with Crippen molar-refractivity contribution in [3.63, 3.8) is 0 Å². The van der Waals surface area contributed by atoms with E-state index in [2.05, 4.69) is 59.1 Å². The van der Waals surface area contributed by atoms with Gasteiger partial charge in [0.2, 0.25) is 0 Å². The van der Waals surface area contributed by atoms with Crippen LogP contribution in [0.15, 0.2) is 29.3 Å². The molecule has 1 fully saturated rings. The van der Waals surface area contributed by atoms with Gasteiger partial charge >= 0.3 is 6.03 Å². The molecule has 0 bridgehead atoms. The molecule has 1 saturated heterocycles. The number of rotatable bonds is 9. The number of hydrogen-bond donors (Lipinski definition) is 3. The molecule has 2 rings (SSSR count). The molecule has 3 N–H and O–H groups in total. The number of aliphatic imine (C=N–C) groups is 1.